The van der Waals surface area contributed by atoms with Crippen LogP contribution in [0.4, 0.5) is 4.20 Å². The molecule has 2 unspecified atom stereocenters. The Balaban J connectivity index is 2.60. The second kappa shape index (κ2) is 2.61. The zero-order valence-corrected chi connectivity index (χ0v) is 6.81. The Hall–Kier alpha value is 0.0800. The van der Waals surface area contributed by atoms with Gasteiger partial charge in [0.2, 0.25) is 0 Å². The number of hydrogen-bond donors (Lipinski definition) is 0. The molecule has 0 amide bonds. The van der Waals surface area contributed by atoms with Crippen molar-refractivity contribution >= 4 is 7.91 Å². The minimum absolute atomic E-state index is 0.306. The molecular formula is C5H10FO3P. The number of halogens is 1. The summed E-state index contributed by atoms with van der Waals surface area (Å²) in [5, 5.41) is 0. The van der Waals surface area contributed by atoms with Crippen LogP contribution in [0.1, 0.15) is 20.3 Å². The summed E-state index contributed by atoms with van der Waals surface area (Å²) in [6.07, 6.45) is -0.0207. The van der Waals surface area contributed by atoms with Crippen molar-refractivity contribution < 1.29 is 17.8 Å². The summed E-state index contributed by atoms with van der Waals surface area (Å²) < 4.78 is 31.8. The Morgan fingerprint density at radius 1 is 1.40 bits per heavy atom. The highest BCUT2D eigenvalue weighted by atomic mass is 31.2. The van der Waals surface area contributed by atoms with Gasteiger partial charge in [0.05, 0.1) is 12.2 Å². The van der Waals surface area contributed by atoms with E-state index in [1.807, 2.05) is 0 Å². The molecule has 0 aliphatic carbocycles. The maximum Gasteiger partial charge on any atom is 0.513 e. The van der Waals surface area contributed by atoms with Crippen LogP contribution in [0.5, 0.6) is 0 Å². The molecule has 5 heteroatoms. The molecule has 0 N–H and O–H groups in total. The summed E-state index contributed by atoms with van der Waals surface area (Å²) in [5.74, 6) is 0. The van der Waals surface area contributed by atoms with Gasteiger partial charge in [0, 0.05) is 6.42 Å². The third kappa shape index (κ3) is 2.04. The largest absolute Gasteiger partial charge is 0.513 e. The zero-order chi connectivity index (χ0) is 7.78. The van der Waals surface area contributed by atoms with Gasteiger partial charge >= 0.3 is 7.91 Å². The van der Waals surface area contributed by atoms with Gasteiger partial charge in [0.1, 0.15) is 0 Å². The molecule has 1 fully saturated rings. The highest BCUT2D eigenvalue weighted by molar-refractivity contribution is 7.48. The monoisotopic (exact) mass is 168 g/mol. The lowest BCUT2D eigenvalue weighted by Gasteiger charge is -2.26. The molecule has 1 rings (SSSR count). The van der Waals surface area contributed by atoms with Crippen molar-refractivity contribution in [1.82, 2.24) is 0 Å². The smallest absolute Gasteiger partial charge is 0.280 e. The molecule has 0 aromatic carbocycles. The van der Waals surface area contributed by atoms with Gasteiger partial charge in [-0.05, 0) is 13.8 Å². The summed E-state index contributed by atoms with van der Waals surface area (Å²) in [6.45, 7) is 3.34. The van der Waals surface area contributed by atoms with Crippen LogP contribution in [-0.2, 0) is 13.6 Å². The second-order valence-electron chi connectivity index (χ2n) is 2.50. The van der Waals surface area contributed by atoms with Crippen molar-refractivity contribution in [3.63, 3.8) is 0 Å². The molecule has 10 heavy (non-hydrogen) atoms. The van der Waals surface area contributed by atoms with Crippen LogP contribution >= 0.6 is 7.91 Å². The van der Waals surface area contributed by atoms with E-state index in [9.17, 15) is 8.76 Å². The molecule has 2 atom stereocenters. The molecule has 0 radical (unpaired) electrons. The minimum Gasteiger partial charge on any atom is -0.280 e. The average molecular weight is 168 g/mol. The van der Waals surface area contributed by atoms with Crippen molar-refractivity contribution in [1.29, 1.82) is 0 Å². The topological polar surface area (TPSA) is 35.5 Å². The lowest BCUT2D eigenvalue weighted by Crippen LogP contribution is -2.22. The fourth-order valence-corrected chi connectivity index (χ4v) is 2.09. The molecule has 1 heterocycles. The summed E-state index contributed by atoms with van der Waals surface area (Å²) in [6, 6.07) is 0. The quantitative estimate of drug-likeness (QED) is 0.520. The number of hydrogen-bond acceptors (Lipinski definition) is 3. The minimum atomic E-state index is -4.20. The molecule has 1 aliphatic rings. The summed E-state index contributed by atoms with van der Waals surface area (Å²) >= 11 is 0. The Bertz CT molecular complexity index is 158. The first-order valence-corrected chi connectivity index (χ1v) is 4.59. The highest BCUT2D eigenvalue weighted by Crippen LogP contribution is 2.55. The van der Waals surface area contributed by atoms with E-state index in [0.29, 0.717) is 6.42 Å². The standard InChI is InChI=1S/C5H10FO3P/c1-4-3-5(2)9-10(6,7)8-4/h4-5H,3H2,1-2H3. The van der Waals surface area contributed by atoms with Crippen LogP contribution in [0, 0.1) is 0 Å². The van der Waals surface area contributed by atoms with E-state index < -0.39 is 7.91 Å². The Morgan fingerprint density at radius 3 is 2.10 bits per heavy atom. The number of rotatable bonds is 0. The molecule has 1 aliphatic heterocycles. The first kappa shape index (κ1) is 8.18. The summed E-state index contributed by atoms with van der Waals surface area (Å²) in [5.41, 5.74) is 0. The molecular weight excluding hydrogens is 158 g/mol. The van der Waals surface area contributed by atoms with Gasteiger partial charge < -0.3 is 0 Å². The molecule has 0 aromatic rings. The molecule has 0 bridgehead atoms. The van der Waals surface area contributed by atoms with Crippen LogP contribution in [0.3, 0.4) is 0 Å². The van der Waals surface area contributed by atoms with Crippen molar-refractivity contribution in [2.24, 2.45) is 0 Å². The van der Waals surface area contributed by atoms with Crippen molar-refractivity contribution in [3.05, 3.63) is 0 Å². The average Bonchev–Trinajstić information content (AvgIpc) is 1.54. The summed E-state index contributed by atoms with van der Waals surface area (Å²) in [4.78, 5) is 0. The Kier molecular flexibility index (Phi) is 2.13. The third-order valence-electron chi connectivity index (χ3n) is 1.28. The van der Waals surface area contributed by atoms with Crippen LogP contribution in [0.15, 0.2) is 0 Å². The molecule has 3 nitrogen and oxygen atoms in total. The summed E-state index contributed by atoms with van der Waals surface area (Å²) in [7, 11) is -4.20. The predicted molar refractivity (Wildman–Crippen MR) is 34.4 cm³/mol. The van der Waals surface area contributed by atoms with Crippen LogP contribution < -0.4 is 0 Å². The van der Waals surface area contributed by atoms with Gasteiger partial charge in [-0.25, -0.2) is 4.57 Å². The van der Waals surface area contributed by atoms with Gasteiger partial charge in [-0.1, -0.05) is 0 Å². The first-order valence-electron chi connectivity index (χ1n) is 3.16. The molecule has 0 aromatic heterocycles. The maximum atomic E-state index is 12.5. The van der Waals surface area contributed by atoms with E-state index in [1.165, 1.54) is 0 Å². The SMILES string of the molecule is CC1CC(C)OP(=O)(F)O1. The fourth-order valence-electron chi connectivity index (χ4n) is 1.01. The van der Waals surface area contributed by atoms with Crippen molar-refractivity contribution in [3.8, 4) is 0 Å². The van der Waals surface area contributed by atoms with E-state index in [-0.39, 0.29) is 12.2 Å². The predicted octanol–water partition coefficient (Wildman–Crippen LogP) is 2.28. The molecule has 0 spiro atoms. The highest BCUT2D eigenvalue weighted by Gasteiger charge is 2.35. The molecule has 60 valence electrons. The van der Waals surface area contributed by atoms with E-state index in [0.717, 1.165) is 0 Å². The van der Waals surface area contributed by atoms with Gasteiger partial charge in [0.15, 0.2) is 0 Å². The Morgan fingerprint density at radius 2 is 1.80 bits per heavy atom. The van der Waals surface area contributed by atoms with Crippen molar-refractivity contribution in [2.45, 2.75) is 32.5 Å². The molecule has 1 saturated heterocycles. The van der Waals surface area contributed by atoms with E-state index >= 15 is 0 Å². The van der Waals surface area contributed by atoms with E-state index in [2.05, 4.69) is 9.05 Å². The van der Waals surface area contributed by atoms with Crippen LogP contribution in [0.25, 0.3) is 0 Å². The zero-order valence-electron chi connectivity index (χ0n) is 5.91. The van der Waals surface area contributed by atoms with E-state index in [4.69, 9.17) is 0 Å². The normalized spacial score (nSPS) is 49.1. The van der Waals surface area contributed by atoms with Gasteiger partial charge in [-0.15, -0.1) is 4.20 Å². The Labute approximate surface area is 59.2 Å². The van der Waals surface area contributed by atoms with Crippen LogP contribution in [-0.4, -0.2) is 12.2 Å². The lowest BCUT2D eigenvalue weighted by atomic mass is 10.2. The fraction of sp³-hybridized carbons (Fsp3) is 1.00. The first-order chi connectivity index (χ1) is 4.49. The molecule has 0 saturated carbocycles. The second-order valence-corrected chi connectivity index (χ2v) is 3.78. The van der Waals surface area contributed by atoms with Crippen molar-refractivity contribution in [2.75, 3.05) is 0 Å². The third-order valence-corrected chi connectivity index (χ3v) is 2.50. The van der Waals surface area contributed by atoms with E-state index in [1.54, 1.807) is 13.8 Å². The van der Waals surface area contributed by atoms with Gasteiger partial charge in [0.25, 0.3) is 0 Å². The van der Waals surface area contributed by atoms with Gasteiger partial charge in [-0.2, -0.15) is 0 Å². The van der Waals surface area contributed by atoms with Gasteiger partial charge in [-0.3, -0.25) is 9.05 Å². The maximum absolute atomic E-state index is 12.5. The van der Waals surface area contributed by atoms with Crippen LogP contribution in [0.2, 0.25) is 0 Å². The lowest BCUT2D eigenvalue weighted by molar-refractivity contribution is 0.0312.